The number of rotatable bonds is 1. The zero-order valence-electron chi connectivity index (χ0n) is 10.4. The summed E-state index contributed by atoms with van der Waals surface area (Å²) in [5, 5.41) is 0.815. The molecular weight excluding hydrogens is 279 g/mol. The SMILES string of the molecule is CC1(c2ccccc2)Cc2ccc(Cl)c(Cl)c2C1=O. The van der Waals surface area contributed by atoms with Gasteiger partial charge in [0.05, 0.1) is 15.5 Å². The van der Waals surface area contributed by atoms with Gasteiger partial charge in [0.25, 0.3) is 0 Å². The van der Waals surface area contributed by atoms with E-state index in [4.69, 9.17) is 23.2 Å². The minimum absolute atomic E-state index is 0.0567. The summed E-state index contributed by atoms with van der Waals surface area (Å²) in [6.07, 6.45) is 0.669. The van der Waals surface area contributed by atoms with Gasteiger partial charge in [-0.05, 0) is 30.5 Å². The van der Waals surface area contributed by atoms with Gasteiger partial charge in [0.1, 0.15) is 0 Å². The van der Waals surface area contributed by atoms with Crippen molar-refractivity contribution in [3.63, 3.8) is 0 Å². The first kappa shape index (κ1) is 12.7. The summed E-state index contributed by atoms with van der Waals surface area (Å²) >= 11 is 12.2. The Bertz CT molecular complexity index is 664. The topological polar surface area (TPSA) is 17.1 Å². The minimum atomic E-state index is -0.544. The number of carbonyl (C=O) groups excluding carboxylic acids is 1. The van der Waals surface area contributed by atoms with E-state index in [1.54, 1.807) is 6.07 Å². The number of benzene rings is 2. The van der Waals surface area contributed by atoms with Gasteiger partial charge in [-0.1, -0.05) is 59.6 Å². The van der Waals surface area contributed by atoms with E-state index in [-0.39, 0.29) is 5.78 Å². The molecule has 1 aliphatic rings. The second-order valence-electron chi connectivity index (χ2n) is 5.10. The van der Waals surface area contributed by atoms with Crippen LogP contribution in [0, 0.1) is 0 Å². The molecule has 0 radical (unpaired) electrons. The molecule has 0 amide bonds. The van der Waals surface area contributed by atoms with Crippen molar-refractivity contribution in [3.8, 4) is 0 Å². The lowest BCUT2D eigenvalue weighted by molar-refractivity contribution is 0.0915. The normalized spacial score (nSPS) is 21.5. The maximum atomic E-state index is 12.7. The van der Waals surface area contributed by atoms with Gasteiger partial charge in [-0.2, -0.15) is 0 Å². The van der Waals surface area contributed by atoms with Crippen LogP contribution in [0.25, 0.3) is 0 Å². The van der Waals surface area contributed by atoms with E-state index in [0.717, 1.165) is 11.1 Å². The van der Waals surface area contributed by atoms with Crippen LogP contribution in [-0.2, 0) is 11.8 Å². The molecule has 0 aliphatic heterocycles. The predicted octanol–water partition coefficient (Wildman–Crippen LogP) is 4.69. The molecule has 3 rings (SSSR count). The van der Waals surface area contributed by atoms with Gasteiger partial charge in [-0.25, -0.2) is 0 Å². The highest BCUT2D eigenvalue weighted by Gasteiger charge is 2.44. The van der Waals surface area contributed by atoms with E-state index in [1.807, 2.05) is 43.3 Å². The van der Waals surface area contributed by atoms with Crippen molar-refractivity contribution in [1.82, 2.24) is 0 Å². The highest BCUT2D eigenvalue weighted by molar-refractivity contribution is 6.44. The largest absolute Gasteiger partial charge is 0.293 e. The van der Waals surface area contributed by atoms with Gasteiger partial charge in [-0.3, -0.25) is 4.79 Å². The van der Waals surface area contributed by atoms with Crippen molar-refractivity contribution in [2.75, 3.05) is 0 Å². The van der Waals surface area contributed by atoms with E-state index in [9.17, 15) is 4.79 Å². The smallest absolute Gasteiger partial charge is 0.175 e. The van der Waals surface area contributed by atoms with Crippen molar-refractivity contribution in [1.29, 1.82) is 0 Å². The molecule has 96 valence electrons. The summed E-state index contributed by atoms with van der Waals surface area (Å²) < 4.78 is 0. The molecule has 0 spiro atoms. The molecule has 3 heteroatoms. The van der Waals surface area contributed by atoms with Crippen molar-refractivity contribution >= 4 is 29.0 Å². The van der Waals surface area contributed by atoms with E-state index in [0.29, 0.717) is 22.0 Å². The van der Waals surface area contributed by atoms with Crippen LogP contribution in [0.3, 0.4) is 0 Å². The van der Waals surface area contributed by atoms with Gasteiger partial charge >= 0.3 is 0 Å². The van der Waals surface area contributed by atoms with Crippen LogP contribution in [0.2, 0.25) is 10.0 Å². The van der Waals surface area contributed by atoms with E-state index in [2.05, 4.69) is 0 Å². The number of carbonyl (C=O) groups is 1. The fraction of sp³-hybridized carbons (Fsp3) is 0.188. The Kier molecular flexibility index (Phi) is 2.92. The summed E-state index contributed by atoms with van der Waals surface area (Å²) in [6.45, 7) is 1.97. The molecule has 0 bridgehead atoms. The second-order valence-corrected chi connectivity index (χ2v) is 5.88. The molecule has 0 saturated carbocycles. The number of fused-ring (bicyclic) bond motifs is 1. The average Bonchev–Trinajstić information content (AvgIpc) is 2.69. The summed E-state index contributed by atoms with van der Waals surface area (Å²) in [5.74, 6) is 0.0567. The first-order chi connectivity index (χ1) is 9.04. The third-order valence-electron chi connectivity index (χ3n) is 3.86. The molecule has 1 nitrogen and oxygen atoms in total. The van der Waals surface area contributed by atoms with Gasteiger partial charge in [-0.15, -0.1) is 0 Å². The van der Waals surface area contributed by atoms with E-state index >= 15 is 0 Å². The summed E-state index contributed by atoms with van der Waals surface area (Å²) in [4.78, 5) is 12.7. The quantitative estimate of drug-likeness (QED) is 0.745. The Hall–Kier alpha value is -1.31. The molecule has 1 atom stereocenters. The number of hydrogen-bond acceptors (Lipinski definition) is 1. The van der Waals surface area contributed by atoms with Crippen LogP contribution < -0.4 is 0 Å². The molecule has 0 fully saturated rings. The fourth-order valence-electron chi connectivity index (χ4n) is 2.76. The maximum Gasteiger partial charge on any atom is 0.175 e. The molecule has 2 aromatic carbocycles. The summed E-state index contributed by atoms with van der Waals surface area (Å²) in [5.41, 5.74) is 2.03. The second kappa shape index (κ2) is 4.36. The first-order valence-electron chi connectivity index (χ1n) is 6.11. The molecular formula is C16H12Cl2O. The Morgan fingerprint density at radius 1 is 1.05 bits per heavy atom. The Balaban J connectivity index is 2.16. The van der Waals surface area contributed by atoms with Crippen LogP contribution in [0.1, 0.15) is 28.4 Å². The van der Waals surface area contributed by atoms with Crippen LogP contribution in [0.5, 0.6) is 0 Å². The highest BCUT2D eigenvalue weighted by atomic mass is 35.5. The number of halogens is 2. The first-order valence-corrected chi connectivity index (χ1v) is 6.87. The zero-order chi connectivity index (χ0) is 13.6. The molecule has 0 saturated heterocycles. The van der Waals surface area contributed by atoms with Crippen molar-refractivity contribution in [3.05, 3.63) is 69.2 Å². The summed E-state index contributed by atoms with van der Waals surface area (Å²) in [7, 11) is 0. The van der Waals surface area contributed by atoms with Crippen LogP contribution in [-0.4, -0.2) is 5.78 Å². The van der Waals surface area contributed by atoms with Crippen molar-refractivity contribution < 1.29 is 4.79 Å². The standard InChI is InChI=1S/C16H12Cl2O/c1-16(11-5-3-2-4-6-11)9-10-7-8-12(17)14(18)13(10)15(16)19/h2-8H,9H2,1H3. The molecule has 0 heterocycles. The third kappa shape index (κ3) is 1.80. The van der Waals surface area contributed by atoms with Gasteiger partial charge in [0.15, 0.2) is 5.78 Å². The third-order valence-corrected chi connectivity index (χ3v) is 4.67. The number of hydrogen-bond donors (Lipinski definition) is 0. The minimum Gasteiger partial charge on any atom is -0.293 e. The molecule has 0 N–H and O–H groups in total. The monoisotopic (exact) mass is 290 g/mol. The maximum absolute atomic E-state index is 12.7. The molecule has 19 heavy (non-hydrogen) atoms. The zero-order valence-corrected chi connectivity index (χ0v) is 11.9. The summed E-state index contributed by atoms with van der Waals surface area (Å²) in [6, 6.07) is 13.5. The van der Waals surface area contributed by atoms with Crippen molar-refractivity contribution in [2.45, 2.75) is 18.8 Å². The number of ketones is 1. The van der Waals surface area contributed by atoms with Crippen LogP contribution in [0.15, 0.2) is 42.5 Å². The predicted molar refractivity (Wildman–Crippen MR) is 78.3 cm³/mol. The average molecular weight is 291 g/mol. The fourth-order valence-corrected chi connectivity index (χ4v) is 3.19. The molecule has 0 aromatic heterocycles. The van der Waals surface area contributed by atoms with Gasteiger partial charge in [0, 0.05) is 5.56 Å². The Morgan fingerprint density at radius 2 is 1.74 bits per heavy atom. The lowest BCUT2D eigenvalue weighted by Crippen LogP contribution is -2.29. The van der Waals surface area contributed by atoms with E-state index < -0.39 is 5.41 Å². The molecule has 2 aromatic rings. The lowest BCUT2D eigenvalue weighted by Gasteiger charge is -2.22. The Morgan fingerprint density at radius 3 is 2.42 bits per heavy atom. The Labute approximate surface area is 122 Å². The van der Waals surface area contributed by atoms with Gasteiger partial charge < -0.3 is 0 Å². The van der Waals surface area contributed by atoms with Crippen LogP contribution >= 0.6 is 23.2 Å². The number of Topliss-reactive ketones (excluding diaryl/α,β-unsaturated/α-hetero) is 1. The van der Waals surface area contributed by atoms with E-state index in [1.165, 1.54) is 0 Å². The molecule has 1 aliphatic carbocycles. The van der Waals surface area contributed by atoms with Crippen LogP contribution in [0.4, 0.5) is 0 Å². The van der Waals surface area contributed by atoms with Crippen molar-refractivity contribution in [2.24, 2.45) is 0 Å². The van der Waals surface area contributed by atoms with Gasteiger partial charge in [0.2, 0.25) is 0 Å². The highest BCUT2D eigenvalue weighted by Crippen LogP contribution is 2.43. The molecule has 1 unspecified atom stereocenters. The lowest BCUT2D eigenvalue weighted by atomic mass is 9.79.